The predicted molar refractivity (Wildman–Crippen MR) is 52.9 cm³/mol. The zero-order valence-corrected chi connectivity index (χ0v) is 8.71. The molecule has 0 heterocycles. The number of nitrogens with zero attached hydrogens (tertiary/aromatic N) is 1. The Bertz CT molecular complexity index is 161. The van der Waals surface area contributed by atoms with Gasteiger partial charge in [-0.3, -0.25) is 0 Å². The first kappa shape index (κ1) is 12.2. The summed E-state index contributed by atoms with van der Waals surface area (Å²) in [6.07, 6.45) is 1.50. The van der Waals surface area contributed by atoms with Gasteiger partial charge in [0.1, 0.15) is 5.84 Å². The van der Waals surface area contributed by atoms with Crippen LogP contribution in [-0.2, 0) is 4.74 Å². The van der Waals surface area contributed by atoms with E-state index in [1.165, 1.54) is 0 Å². The highest BCUT2D eigenvalue weighted by molar-refractivity contribution is 5.79. The van der Waals surface area contributed by atoms with E-state index in [0.29, 0.717) is 18.4 Å². The monoisotopic (exact) mass is 188 g/mol. The number of ether oxygens (including phenoxy) is 1. The van der Waals surface area contributed by atoms with E-state index in [0.717, 1.165) is 13.0 Å². The maximum atomic E-state index is 8.23. The zero-order valence-electron chi connectivity index (χ0n) is 8.71. The van der Waals surface area contributed by atoms with Crippen molar-refractivity contribution in [1.82, 2.24) is 0 Å². The average Bonchev–Trinajstić information content (AvgIpc) is 2.01. The van der Waals surface area contributed by atoms with Gasteiger partial charge in [0.2, 0.25) is 0 Å². The summed E-state index contributed by atoms with van der Waals surface area (Å²) >= 11 is 0. The molecule has 0 fully saturated rings. The van der Waals surface area contributed by atoms with Crippen LogP contribution < -0.4 is 5.73 Å². The van der Waals surface area contributed by atoms with Crippen molar-refractivity contribution in [3.8, 4) is 0 Å². The molecule has 0 amide bonds. The van der Waals surface area contributed by atoms with Crippen LogP contribution in [0.4, 0.5) is 0 Å². The number of rotatable bonds is 5. The van der Waals surface area contributed by atoms with Gasteiger partial charge in [0.25, 0.3) is 0 Å². The molecular weight excluding hydrogens is 168 g/mol. The van der Waals surface area contributed by atoms with Crippen molar-refractivity contribution in [3.05, 3.63) is 0 Å². The maximum absolute atomic E-state index is 8.23. The summed E-state index contributed by atoms with van der Waals surface area (Å²) < 4.78 is 5.31. The molecule has 0 rings (SSSR count). The Morgan fingerprint density at radius 3 is 2.46 bits per heavy atom. The summed E-state index contributed by atoms with van der Waals surface area (Å²) in [6, 6.07) is 0. The van der Waals surface area contributed by atoms with E-state index in [2.05, 4.69) is 25.9 Å². The van der Waals surface area contributed by atoms with Gasteiger partial charge in [-0.25, -0.2) is 0 Å². The van der Waals surface area contributed by atoms with Gasteiger partial charge in [0.15, 0.2) is 0 Å². The lowest BCUT2D eigenvalue weighted by atomic mass is 9.93. The molecule has 0 atom stereocenters. The number of nitrogens with two attached hydrogens (primary N) is 1. The highest BCUT2D eigenvalue weighted by Crippen LogP contribution is 2.17. The second-order valence-electron chi connectivity index (χ2n) is 4.26. The number of oxime groups is 1. The van der Waals surface area contributed by atoms with Gasteiger partial charge in [-0.05, 0) is 11.8 Å². The van der Waals surface area contributed by atoms with Gasteiger partial charge in [0, 0.05) is 13.0 Å². The minimum Gasteiger partial charge on any atom is -0.409 e. The fraction of sp³-hybridized carbons (Fsp3) is 0.889. The topological polar surface area (TPSA) is 67.8 Å². The van der Waals surface area contributed by atoms with Crippen LogP contribution in [-0.4, -0.2) is 24.3 Å². The largest absolute Gasteiger partial charge is 0.409 e. The molecule has 3 N–H and O–H groups in total. The Morgan fingerprint density at radius 2 is 2.00 bits per heavy atom. The molecule has 0 saturated heterocycles. The van der Waals surface area contributed by atoms with Crippen LogP contribution in [0.15, 0.2) is 5.16 Å². The van der Waals surface area contributed by atoms with Crippen molar-refractivity contribution in [1.29, 1.82) is 0 Å². The maximum Gasteiger partial charge on any atom is 0.141 e. The number of amidine groups is 1. The molecule has 0 aromatic heterocycles. The smallest absolute Gasteiger partial charge is 0.141 e. The van der Waals surface area contributed by atoms with Crippen LogP contribution in [0.3, 0.4) is 0 Å². The molecule has 78 valence electrons. The van der Waals surface area contributed by atoms with Gasteiger partial charge < -0.3 is 15.7 Å². The minimum absolute atomic E-state index is 0.218. The minimum atomic E-state index is 0.218. The van der Waals surface area contributed by atoms with E-state index in [9.17, 15) is 0 Å². The van der Waals surface area contributed by atoms with Gasteiger partial charge >= 0.3 is 0 Å². The fourth-order valence-corrected chi connectivity index (χ4v) is 0.707. The lowest BCUT2D eigenvalue weighted by Gasteiger charge is -2.17. The first-order valence-corrected chi connectivity index (χ1v) is 4.50. The number of hydrogen-bond donors (Lipinski definition) is 2. The van der Waals surface area contributed by atoms with Crippen LogP contribution in [0.1, 0.15) is 33.6 Å². The molecule has 13 heavy (non-hydrogen) atoms. The molecule has 0 aromatic rings. The van der Waals surface area contributed by atoms with E-state index in [4.69, 9.17) is 15.7 Å². The van der Waals surface area contributed by atoms with Crippen LogP contribution >= 0.6 is 0 Å². The molecule has 0 aliphatic heterocycles. The van der Waals surface area contributed by atoms with Crippen molar-refractivity contribution in [2.75, 3.05) is 13.2 Å². The molecule has 0 spiro atoms. The standard InChI is InChI=1S/C9H20N2O2/c1-9(2,3)5-7-13-6-4-8(10)11-12/h12H,4-7H2,1-3H3,(H2,10,11). The van der Waals surface area contributed by atoms with E-state index >= 15 is 0 Å². The summed E-state index contributed by atoms with van der Waals surface area (Å²) in [5, 5.41) is 11.1. The third-order valence-corrected chi connectivity index (χ3v) is 1.63. The number of hydrogen-bond acceptors (Lipinski definition) is 3. The second-order valence-corrected chi connectivity index (χ2v) is 4.26. The Hall–Kier alpha value is -0.770. The Labute approximate surface area is 79.8 Å². The Balaban J connectivity index is 3.28. The highest BCUT2D eigenvalue weighted by Gasteiger charge is 2.08. The molecule has 0 aliphatic rings. The third kappa shape index (κ3) is 9.14. The molecule has 0 bridgehead atoms. The van der Waals surface area contributed by atoms with E-state index in [1.54, 1.807) is 0 Å². The molecule has 0 saturated carbocycles. The van der Waals surface area contributed by atoms with Crippen LogP contribution in [0, 0.1) is 5.41 Å². The highest BCUT2D eigenvalue weighted by atomic mass is 16.5. The SMILES string of the molecule is CC(C)(C)CCOCCC(N)=NO. The summed E-state index contributed by atoms with van der Waals surface area (Å²) in [5.41, 5.74) is 5.56. The lowest BCUT2D eigenvalue weighted by molar-refractivity contribution is 0.113. The Morgan fingerprint density at radius 1 is 1.38 bits per heavy atom. The van der Waals surface area contributed by atoms with Gasteiger partial charge in [0.05, 0.1) is 6.61 Å². The first-order valence-electron chi connectivity index (χ1n) is 4.50. The van der Waals surface area contributed by atoms with Crippen LogP contribution in [0.5, 0.6) is 0 Å². The van der Waals surface area contributed by atoms with Gasteiger partial charge in [-0.2, -0.15) is 0 Å². The summed E-state index contributed by atoms with van der Waals surface area (Å²) in [5.74, 6) is 0.218. The molecular formula is C9H20N2O2. The summed E-state index contributed by atoms with van der Waals surface area (Å²) in [6.45, 7) is 7.74. The van der Waals surface area contributed by atoms with E-state index in [1.807, 2.05) is 0 Å². The molecule has 0 aliphatic carbocycles. The third-order valence-electron chi connectivity index (χ3n) is 1.63. The van der Waals surface area contributed by atoms with Crippen LogP contribution in [0.2, 0.25) is 0 Å². The van der Waals surface area contributed by atoms with E-state index in [-0.39, 0.29) is 5.84 Å². The molecule has 0 radical (unpaired) electrons. The lowest BCUT2D eigenvalue weighted by Crippen LogP contribution is -2.16. The van der Waals surface area contributed by atoms with Gasteiger partial charge in [-0.15, -0.1) is 0 Å². The molecule has 4 nitrogen and oxygen atoms in total. The van der Waals surface area contributed by atoms with Crippen LogP contribution in [0.25, 0.3) is 0 Å². The second kappa shape index (κ2) is 5.80. The fourth-order valence-electron chi connectivity index (χ4n) is 0.707. The molecule has 0 unspecified atom stereocenters. The summed E-state index contributed by atoms with van der Waals surface area (Å²) in [4.78, 5) is 0. The average molecular weight is 188 g/mol. The van der Waals surface area contributed by atoms with Crippen molar-refractivity contribution in [2.45, 2.75) is 33.6 Å². The van der Waals surface area contributed by atoms with Gasteiger partial charge in [-0.1, -0.05) is 25.9 Å². The first-order chi connectivity index (χ1) is 5.95. The van der Waals surface area contributed by atoms with E-state index < -0.39 is 0 Å². The molecule has 4 heteroatoms. The van der Waals surface area contributed by atoms with Crippen molar-refractivity contribution in [2.24, 2.45) is 16.3 Å². The van der Waals surface area contributed by atoms with Crippen molar-refractivity contribution in [3.63, 3.8) is 0 Å². The molecule has 0 aromatic carbocycles. The summed E-state index contributed by atoms with van der Waals surface area (Å²) in [7, 11) is 0. The Kier molecular flexibility index (Phi) is 5.46. The van der Waals surface area contributed by atoms with Crippen molar-refractivity contribution >= 4 is 5.84 Å². The quantitative estimate of drug-likeness (QED) is 0.226. The van der Waals surface area contributed by atoms with Crippen molar-refractivity contribution < 1.29 is 9.94 Å². The normalized spacial score (nSPS) is 13.3. The predicted octanol–water partition coefficient (Wildman–Crippen LogP) is 1.58. The zero-order chi connectivity index (χ0) is 10.3.